The minimum Gasteiger partial charge on any atom is -0.497 e. The number of nitrogens with one attached hydrogen (secondary N) is 1. The van der Waals surface area contributed by atoms with Crippen LogP contribution < -0.4 is 14.8 Å². The van der Waals surface area contributed by atoms with Crippen molar-refractivity contribution in [3.8, 4) is 11.5 Å². The van der Waals surface area contributed by atoms with Crippen molar-refractivity contribution in [3.63, 3.8) is 0 Å². The second-order valence-electron chi connectivity index (χ2n) is 4.14. The molecule has 1 rings (SSSR count). The van der Waals surface area contributed by atoms with Gasteiger partial charge in [-0.25, -0.2) is 0 Å². The minimum atomic E-state index is 0.229. The van der Waals surface area contributed by atoms with Crippen molar-refractivity contribution < 1.29 is 9.47 Å². The molecule has 3 nitrogen and oxygen atoms in total. The first kappa shape index (κ1) is 13.8. The van der Waals surface area contributed by atoms with Gasteiger partial charge in [0.15, 0.2) is 0 Å². The molecule has 0 aliphatic heterocycles. The molecule has 1 unspecified atom stereocenters. The highest BCUT2D eigenvalue weighted by atomic mass is 16.5. The Balaban J connectivity index is 2.26. The zero-order valence-electron chi connectivity index (χ0n) is 11.0. The Morgan fingerprint density at radius 2 is 1.76 bits per heavy atom. The van der Waals surface area contributed by atoms with Gasteiger partial charge >= 0.3 is 0 Å². The molecule has 0 spiro atoms. The normalized spacial score (nSPS) is 12.2. The van der Waals surface area contributed by atoms with Crippen molar-refractivity contribution in [2.24, 2.45) is 0 Å². The van der Waals surface area contributed by atoms with Crippen LogP contribution in [-0.4, -0.2) is 26.3 Å². The van der Waals surface area contributed by atoms with Crippen LogP contribution in [0.2, 0.25) is 0 Å². The summed E-state index contributed by atoms with van der Waals surface area (Å²) in [5.41, 5.74) is 0. The van der Waals surface area contributed by atoms with Crippen molar-refractivity contribution in [1.82, 2.24) is 5.32 Å². The average Bonchev–Trinajstić information content (AvgIpc) is 2.36. The van der Waals surface area contributed by atoms with Gasteiger partial charge in [0.05, 0.1) is 13.2 Å². The van der Waals surface area contributed by atoms with Crippen LogP contribution >= 0.6 is 0 Å². The Morgan fingerprint density at radius 1 is 1.12 bits per heavy atom. The van der Waals surface area contributed by atoms with Crippen LogP contribution in [0.15, 0.2) is 24.3 Å². The molecule has 0 radical (unpaired) electrons. The maximum atomic E-state index is 5.80. The van der Waals surface area contributed by atoms with E-state index in [4.69, 9.17) is 9.47 Å². The van der Waals surface area contributed by atoms with E-state index in [-0.39, 0.29) is 6.10 Å². The number of hydrogen-bond donors (Lipinski definition) is 1. The third kappa shape index (κ3) is 5.59. The summed E-state index contributed by atoms with van der Waals surface area (Å²) in [6.07, 6.45) is 2.42. The molecule has 3 heteroatoms. The smallest absolute Gasteiger partial charge is 0.119 e. The highest BCUT2D eigenvalue weighted by Gasteiger charge is 2.03. The van der Waals surface area contributed by atoms with Crippen LogP contribution in [-0.2, 0) is 0 Å². The van der Waals surface area contributed by atoms with E-state index in [2.05, 4.69) is 19.2 Å². The fraction of sp³-hybridized carbons (Fsp3) is 0.571. The Morgan fingerprint density at radius 3 is 2.35 bits per heavy atom. The van der Waals surface area contributed by atoms with Crippen molar-refractivity contribution in [1.29, 1.82) is 0 Å². The lowest BCUT2D eigenvalue weighted by Gasteiger charge is -2.15. The van der Waals surface area contributed by atoms with Crippen LogP contribution in [0.3, 0.4) is 0 Å². The summed E-state index contributed by atoms with van der Waals surface area (Å²) in [4.78, 5) is 0. The molecular formula is C14H23NO2. The minimum absolute atomic E-state index is 0.229. The quantitative estimate of drug-likeness (QED) is 0.705. The third-order valence-corrected chi connectivity index (χ3v) is 2.55. The van der Waals surface area contributed by atoms with Crippen LogP contribution in [0, 0.1) is 0 Å². The summed E-state index contributed by atoms with van der Waals surface area (Å²) in [6.45, 7) is 6.35. The van der Waals surface area contributed by atoms with Crippen LogP contribution in [0.5, 0.6) is 11.5 Å². The lowest BCUT2D eigenvalue weighted by Crippen LogP contribution is -2.22. The van der Waals surface area contributed by atoms with Crippen molar-refractivity contribution >= 4 is 0 Å². The van der Waals surface area contributed by atoms with Crippen LogP contribution in [0.25, 0.3) is 0 Å². The monoisotopic (exact) mass is 237 g/mol. The molecule has 96 valence electrons. The summed E-state index contributed by atoms with van der Waals surface area (Å²) >= 11 is 0. The van der Waals surface area contributed by atoms with Gasteiger partial charge in [0.25, 0.3) is 0 Å². The van der Waals surface area contributed by atoms with E-state index in [0.29, 0.717) is 0 Å². The molecule has 0 saturated heterocycles. The average molecular weight is 237 g/mol. The number of methoxy groups -OCH3 is 1. The Bertz CT molecular complexity index is 298. The molecule has 1 aromatic rings. The molecule has 0 saturated carbocycles. The van der Waals surface area contributed by atoms with Crippen LogP contribution in [0.4, 0.5) is 0 Å². The van der Waals surface area contributed by atoms with Gasteiger partial charge < -0.3 is 14.8 Å². The number of hydrogen-bond acceptors (Lipinski definition) is 3. The molecule has 0 fully saturated rings. The molecule has 0 aromatic heterocycles. The van der Waals surface area contributed by atoms with Gasteiger partial charge in [-0.2, -0.15) is 0 Å². The van der Waals surface area contributed by atoms with Crippen molar-refractivity contribution in [2.75, 3.05) is 20.2 Å². The van der Waals surface area contributed by atoms with Gasteiger partial charge in [0, 0.05) is 0 Å². The lowest BCUT2D eigenvalue weighted by molar-refractivity contribution is 0.210. The van der Waals surface area contributed by atoms with Gasteiger partial charge in [-0.1, -0.05) is 6.92 Å². The van der Waals surface area contributed by atoms with Gasteiger partial charge in [0.1, 0.15) is 11.5 Å². The van der Waals surface area contributed by atoms with Crippen LogP contribution in [0.1, 0.15) is 26.7 Å². The zero-order valence-corrected chi connectivity index (χ0v) is 11.0. The molecular weight excluding hydrogens is 214 g/mol. The standard InChI is InChI=1S/C14H23NO2/c1-4-10-15-11-9-12(2)17-14-7-5-13(16-3)6-8-14/h5-8,12,15H,4,9-11H2,1-3H3. The predicted octanol–water partition coefficient (Wildman–Crippen LogP) is 2.85. The largest absolute Gasteiger partial charge is 0.497 e. The lowest BCUT2D eigenvalue weighted by atomic mass is 10.2. The Kier molecular flexibility index (Phi) is 6.48. The van der Waals surface area contributed by atoms with E-state index in [1.807, 2.05) is 24.3 Å². The first-order valence-corrected chi connectivity index (χ1v) is 6.27. The van der Waals surface area contributed by atoms with Gasteiger partial charge in [0.2, 0.25) is 0 Å². The summed E-state index contributed by atoms with van der Waals surface area (Å²) in [5.74, 6) is 1.75. The number of ether oxygens (including phenoxy) is 2. The molecule has 0 heterocycles. The third-order valence-electron chi connectivity index (χ3n) is 2.55. The van der Waals surface area contributed by atoms with Gasteiger partial charge in [-0.05, 0) is 57.1 Å². The maximum absolute atomic E-state index is 5.80. The zero-order chi connectivity index (χ0) is 12.5. The number of benzene rings is 1. The van der Waals surface area contributed by atoms with E-state index in [1.54, 1.807) is 7.11 Å². The van der Waals surface area contributed by atoms with E-state index in [1.165, 1.54) is 6.42 Å². The highest BCUT2D eigenvalue weighted by molar-refractivity contribution is 5.31. The molecule has 0 bridgehead atoms. The van der Waals surface area contributed by atoms with Gasteiger partial charge in [-0.3, -0.25) is 0 Å². The molecule has 1 N–H and O–H groups in total. The van der Waals surface area contributed by atoms with E-state index in [0.717, 1.165) is 31.0 Å². The maximum Gasteiger partial charge on any atom is 0.119 e. The summed E-state index contributed by atoms with van der Waals surface area (Å²) < 4.78 is 10.9. The van der Waals surface area contributed by atoms with E-state index < -0.39 is 0 Å². The molecule has 17 heavy (non-hydrogen) atoms. The van der Waals surface area contributed by atoms with Gasteiger partial charge in [-0.15, -0.1) is 0 Å². The Hall–Kier alpha value is -1.22. The second kappa shape index (κ2) is 7.96. The first-order valence-electron chi connectivity index (χ1n) is 6.27. The fourth-order valence-electron chi connectivity index (χ4n) is 1.55. The molecule has 0 aliphatic rings. The first-order chi connectivity index (χ1) is 8.26. The van der Waals surface area contributed by atoms with Crippen molar-refractivity contribution in [2.45, 2.75) is 32.8 Å². The second-order valence-corrected chi connectivity index (χ2v) is 4.14. The Labute approximate surface area is 104 Å². The molecule has 1 atom stereocenters. The SMILES string of the molecule is CCCNCCC(C)Oc1ccc(OC)cc1. The summed E-state index contributed by atoms with van der Waals surface area (Å²) in [5, 5.41) is 3.37. The number of rotatable bonds is 8. The predicted molar refractivity (Wildman–Crippen MR) is 70.9 cm³/mol. The van der Waals surface area contributed by atoms with E-state index >= 15 is 0 Å². The van der Waals surface area contributed by atoms with E-state index in [9.17, 15) is 0 Å². The topological polar surface area (TPSA) is 30.5 Å². The summed E-state index contributed by atoms with van der Waals surface area (Å²) in [7, 11) is 1.66. The highest BCUT2D eigenvalue weighted by Crippen LogP contribution is 2.18. The molecule has 0 amide bonds. The summed E-state index contributed by atoms with van der Waals surface area (Å²) in [6, 6.07) is 7.71. The van der Waals surface area contributed by atoms with Crippen molar-refractivity contribution in [3.05, 3.63) is 24.3 Å². The molecule has 0 aliphatic carbocycles. The fourth-order valence-corrected chi connectivity index (χ4v) is 1.55. The molecule has 1 aromatic carbocycles.